The molecule has 1 atom stereocenters. The zero-order valence-electron chi connectivity index (χ0n) is 19.3. The van der Waals surface area contributed by atoms with Crippen LogP contribution in [0.25, 0.3) is 10.9 Å². The molecule has 0 aliphatic heterocycles. The highest BCUT2D eigenvalue weighted by molar-refractivity contribution is 5.91. The van der Waals surface area contributed by atoms with Crippen LogP contribution in [0.15, 0.2) is 36.4 Å². The summed E-state index contributed by atoms with van der Waals surface area (Å²) in [4.78, 5) is 8.93. The lowest BCUT2D eigenvalue weighted by atomic mass is 10.1. The van der Waals surface area contributed by atoms with Crippen LogP contribution in [0.2, 0.25) is 0 Å². The summed E-state index contributed by atoms with van der Waals surface area (Å²) in [6.07, 6.45) is -4.49. The van der Waals surface area contributed by atoms with E-state index in [1.54, 1.807) is 39.3 Å². The second kappa shape index (κ2) is 10.2. The Hall–Kier alpha value is -3.07. The van der Waals surface area contributed by atoms with Crippen molar-refractivity contribution < 1.29 is 27.4 Å². The van der Waals surface area contributed by atoms with Gasteiger partial charge in [0.05, 0.1) is 24.3 Å². The van der Waals surface area contributed by atoms with E-state index in [1.807, 2.05) is 13.8 Å². The van der Waals surface area contributed by atoms with Gasteiger partial charge in [0.25, 0.3) is 0 Å². The van der Waals surface area contributed by atoms with Crippen molar-refractivity contribution in [2.75, 3.05) is 26.1 Å². The van der Waals surface area contributed by atoms with Crippen LogP contribution < -0.4 is 14.8 Å². The Bertz CT molecular complexity index is 1100. The van der Waals surface area contributed by atoms with E-state index < -0.39 is 11.7 Å². The van der Waals surface area contributed by atoms with E-state index in [0.29, 0.717) is 46.2 Å². The molecular formula is C24H28F3N3O3. The van der Waals surface area contributed by atoms with Crippen LogP contribution in [0.4, 0.5) is 19.0 Å². The fourth-order valence-electron chi connectivity index (χ4n) is 3.41. The van der Waals surface area contributed by atoms with Gasteiger partial charge < -0.3 is 19.5 Å². The molecule has 1 heterocycles. The van der Waals surface area contributed by atoms with Gasteiger partial charge in [-0.3, -0.25) is 0 Å². The zero-order valence-corrected chi connectivity index (χ0v) is 19.3. The first-order valence-corrected chi connectivity index (χ1v) is 10.5. The van der Waals surface area contributed by atoms with Gasteiger partial charge in [-0.1, -0.05) is 26.0 Å². The zero-order chi connectivity index (χ0) is 24.2. The molecule has 0 spiro atoms. The monoisotopic (exact) mass is 463 g/mol. The molecule has 0 saturated heterocycles. The van der Waals surface area contributed by atoms with Gasteiger partial charge in [0.1, 0.15) is 18.2 Å². The maximum atomic E-state index is 13.0. The van der Waals surface area contributed by atoms with Gasteiger partial charge in [0.2, 0.25) is 0 Å². The van der Waals surface area contributed by atoms with E-state index in [-0.39, 0.29) is 18.6 Å². The highest BCUT2D eigenvalue weighted by Crippen LogP contribution is 2.35. The lowest BCUT2D eigenvalue weighted by Crippen LogP contribution is -2.26. The smallest absolute Gasteiger partial charge is 0.416 e. The number of aromatic nitrogens is 2. The largest absolute Gasteiger partial charge is 0.493 e. The van der Waals surface area contributed by atoms with Gasteiger partial charge >= 0.3 is 6.18 Å². The molecule has 178 valence electrons. The number of ether oxygens (including phenoxy) is 3. The number of anilines is 1. The predicted octanol–water partition coefficient (Wildman–Crippen LogP) is 5.63. The quantitative estimate of drug-likeness (QED) is 0.444. The number of rotatable bonds is 9. The van der Waals surface area contributed by atoms with Crippen LogP contribution in [0.3, 0.4) is 0 Å². The molecule has 9 heteroatoms. The van der Waals surface area contributed by atoms with Crippen molar-refractivity contribution in [3.63, 3.8) is 0 Å². The highest BCUT2D eigenvalue weighted by atomic mass is 19.4. The van der Waals surface area contributed by atoms with Crippen molar-refractivity contribution in [2.45, 2.75) is 39.6 Å². The van der Waals surface area contributed by atoms with Crippen molar-refractivity contribution in [3.8, 4) is 11.5 Å². The standard InChI is InChI=1S/C24H28F3N3O3/c1-14(2)22(32-5)13-33-21-10-18-19(11-20(21)31-4)29-15(3)30-23(18)28-12-16-7-6-8-17(9-16)24(25,26)27/h6-11,14,22H,12-13H2,1-5H3,(H,28,29,30). The Morgan fingerprint density at radius 3 is 2.42 bits per heavy atom. The third kappa shape index (κ3) is 6.04. The molecule has 3 aromatic rings. The molecule has 0 bridgehead atoms. The summed E-state index contributed by atoms with van der Waals surface area (Å²) < 4.78 is 56.1. The topological polar surface area (TPSA) is 65.5 Å². The number of hydrogen-bond acceptors (Lipinski definition) is 6. The Balaban J connectivity index is 1.91. The van der Waals surface area contributed by atoms with Crippen molar-refractivity contribution in [1.82, 2.24) is 9.97 Å². The van der Waals surface area contributed by atoms with Crippen molar-refractivity contribution in [2.24, 2.45) is 5.92 Å². The highest BCUT2D eigenvalue weighted by Gasteiger charge is 2.30. The minimum absolute atomic E-state index is 0.0989. The second-order valence-corrected chi connectivity index (χ2v) is 8.02. The maximum Gasteiger partial charge on any atom is 0.416 e. The number of fused-ring (bicyclic) bond motifs is 1. The van der Waals surface area contributed by atoms with Crippen LogP contribution >= 0.6 is 0 Å². The third-order valence-electron chi connectivity index (χ3n) is 5.26. The van der Waals surface area contributed by atoms with Crippen LogP contribution in [0, 0.1) is 12.8 Å². The number of halogens is 3. The number of methoxy groups -OCH3 is 2. The summed E-state index contributed by atoms with van der Waals surface area (Å²) in [6, 6.07) is 8.72. The number of benzene rings is 2. The van der Waals surface area contributed by atoms with Gasteiger partial charge in [-0.25, -0.2) is 9.97 Å². The Kier molecular flexibility index (Phi) is 7.63. The summed E-state index contributed by atoms with van der Waals surface area (Å²) >= 11 is 0. The minimum Gasteiger partial charge on any atom is -0.493 e. The first-order valence-electron chi connectivity index (χ1n) is 10.5. The van der Waals surface area contributed by atoms with Crippen molar-refractivity contribution in [3.05, 3.63) is 53.3 Å². The third-order valence-corrected chi connectivity index (χ3v) is 5.26. The molecule has 6 nitrogen and oxygen atoms in total. The molecule has 0 aliphatic carbocycles. The molecule has 0 amide bonds. The normalized spacial score (nSPS) is 12.8. The lowest BCUT2D eigenvalue weighted by molar-refractivity contribution is -0.137. The van der Waals surface area contributed by atoms with Gasteiger partial charge in [-0.05, 0) is 36.6 Å². The predicted molar refractivity (Wildman–Crippen MR) is 121 cm³/mol. The molecule has 0 aliphatic rings. The van der Waals surface area contributed by atoms with E-state index in [0.717, 1.165) is 12.1 Å². The molecule has 1 N–H and O–H groups in total. The number of nitrogens with zero attached hydrogens (tertiary/aromatic N) is 2. The van der Waals surface area contributed by atoms with Gasteiger partial charge in [0.15, 0.2) is 11.5 Å². The van der Waals surface area contributed by atoms with Gasteiger partial charge in [-0.2, -0.15) is 13.2 Å². The molecule has 2 aromatic carbocycles. The number of aryl methyl sites for hydroxylation is 1. The molecule has 0 saturated carbocycles. The molecule has 3 rings (SSSR count). The maximum absolute atomic E-state index is 13.0. The fraction of sp³-hybridized carbons (Fsp3) is 0.417. The molecule has 0 radical (unpaired) electrons. The van der Waals surface area contributed by atoms with E-state index in [2.05, 4.69) is 15.3 Å². The van der Waals surface area contributed by atoms with Crippen molar-refractivity contribution >= 4 is 16.7 Å². The van der Waals surface area contributed by atoms with Crippen molar-refractivity contribution in [1.29, 1.82) is 0 Å². The van der Waals surface area contributed by atoms with Crippen LogP contribution in [-0.2, 0) is 17.5 Å². The van der Waals surface area contributed by atoms with Crippen LogP contribution in [0.1, 0.15) is 30.8 Å². The fourth-order valence-corrected chi connectivity index (χ4v) is 3.41. The average molecular weight is 464 g/mol. The Labute approximate surface area is 191 Å². The average Bonchev–Trinajstić information content (AvgIpc) is 2.76. The van der Waals surface area contributed by atoms with Gasteiger partial charge in [-0.15, -0.1) is 0 Å². The minimum atomic E-state index is -4.40. The first kappa shape index (κ1) is 24.6. The Morgan fingerprint density at radius 1 is 1.03 bits per heavy atom. The second-order valence-electron chi connectivity index (χ2n) is 8.02. The van der Waals surface area contributed by atoms with Gasteiger partial charge in [0, 0.05) is 25.1 Å². The number of hydrogen-bond donors (Lipinski definition) is 1. The number of nitrogens with one attached hydrogen (secondary N) is 1. The van der Waals surface area contributed by atoms with Crippen LogP contribution in [-0.4, -0.2) is 36.9 Å². The first-order chi connectivity index (χ1) is 15.6. The molecule has 1 unspecified atom stereocenters. The summed E-state index contributed by atoms with van der Waals surface area (Å²) in [6.45, 7) is 6.33. The van der Waals surface area contributed by atoms with E-state index >= 15 is 0 Å². The molecule has 0 fully saturated rings. The molecule has 33 heavy (non-hydrogen) atoms. The lowest BCUT2D eigenvalue weighted by Gasteiger charge is -2.21. The summed E-state index contributed by atoms with van der Waals surface area (Å²) in [5.41, 5.74) is 0.424. The van der Waals surface area contributed by atoms with E-state index in [4.69, 9.17) is 14.2 Å². The van der Waals surface area contributed by atoms with E-state index in [9.17, 15) is 13.2 Å². The molecule has 1 aromatic heterocycles. The molecular weight excluding hydrogens is 435 g/mol. The Morgan fingerprint density at radius 2 is 1.79 bits per heavy atom. The summed E-state index contributed by atoms with van der Waals surface area (Å²) in [5.74, 6) is 2.29. The van der Waals surface area contributed by atoms with Crippen LogP contribution in [0.5, 0.6) is 11.5 Å². The number of alkyl halides is 3. The summed E-state index contributed by atoms with van der Waals surface area (Å²) in [7, 11) is 3.18. The SMILES string of the molecule is COc1cc2nc(C)nc(NCc3cccc(C(F)(F)F)c3)c2cc1OCC(OC)C(C)C. The van der Waals surface area contributed by atoms with E-state index in [1.165, 1.54) is 6.07 Å². The summed E-state index contributed by atoms with van der Waals surface area (Å²) in [5, 5.41) is 3.81.